The first-order valence-corrected chi connectivity index (χ1v) is 7.20. The molecular formula is C14H29N3O. The van der Waals surface area contributed by atoms with Gasteiger partial charge in [0.25, 0.3) is 0 Å². The van der Waals surface area contributed by atoms with Gasteiger partial charge in [-0.3, -0.25) is 4.99 Å². The molecule has 0 fully saturated rings. The van der Waals surface area contributed by atoms with Crippen LogP contribution in [0.4, 0.5) is 0 Å². The van der Waals surface area contributed by atoms with E-state index in [2.05, 4.69) is 23.7 Å². The molecule has 4 nitrogen and oxygen atoms in total. The van der Waals surface area contributed by atoms with Gasteiger partial charge in [0.05, 0.1) is 18.7 Å². The lowest BCUT2D eigenvalue weighted by Crippen LogP contribution is -2.50. The van der Waals surface area contributed by atoms with E-state index in [9.17, 15) is 0 Å². The maximum atomic E-state index is 5.97. The smallest absolute Gasteiger partial charge is 0.191 e. The zero-order chi connectivity index (χ0) is 13.4. The van der Waals surface area contributed by atoms with Crippen LogP contribution in [0.3, 0.4) is 0 Å². The van der Waals surface area contributed by atoms with E-state index in [-0.39, 0.29) is 5.54 Å². The highest BCUT2D eigenvalue weighted by Crippen LogP contribution is 2.27. The lowest BCUT2D eigenvalue weighted by molar-refractivity contribution is 0.130. The second-order valence-electron chi connectivity index (χ2n) is 5.48. The fourth-order valence-corrected chi connectivity index (χ4v) is 2.59. The molecule has 1 aliphatic rings. The Morgan fingerprint density at radius 2 is 2.06 bits per heavy atom. The maximum Gasteiger partial charge on any atom is 0.191 e. The summed E-state index contributed by atoms with van der Waals surface area (Å²) in [7, 11) is 1.73. The number of ether oxygens (including phenoxy) is 1. The van der Waals surface area contributed by atoms with E-state index in [4.69, 9.17) is 10.5 Å². The zero-order valence-corrected chi connectivity index (χ0v) is 12.2. The number of aliphatic imine (C=N–C) groups is 1. The molecule has 0 saturated heterocycles. The SMILES string of the molecule is CCCCCCCC1(C)CN=C(N)N1CCOC. The number of hydrogen-bond donors (Lipinski definition) is 1. The van der Waals surface area contributed by atoms with Gasteiger partial charge in [0, 0.05) is 13.7 Å². The Labute approximate surface area is 112 Å². The molecule has 18 heavy (non-hydrogen) atoms. The lowest BCUT2D eigenvalue weighted by atomic mass is 9.93. The molecule has 1 rings (SSSR count). The Bertz CT molecular complexity index is 268. The molecule has 1 heterocycles. The molecule has 1 unspecified atom stereocenters. The lowest BCUT2D eigenvalue weighted by Gasteiger charge is -2.36. The molecule has 0 radical (unpaired) electrons. The van der Waals surface area contributed by atoms with Crippen LogP contribution < -0.4 is 5.73 Å². The van der Waals surface area contributed by atoms with Gasteiger partial charge in [-0.1, -0.05) is 39.0 Å². The van der Waals surface area contributed by atoms with Gasteiger partial charge in [-0.05, 0) is 13.3 Å². The van der Waals surface area contributed by atoms with Crippen LogP contribution in [0, 0.1) is 0 Å². The number of guanidine groups is 1. The Balaban J connectivity index is 2.36. The Hall–Kier alpha value is -0.770. The van der Waals surface area contributed by atoms with Crippen molar-refractivity contribution in [3.63, 3.8) is 0 Å². The normalized spacial score (nSPS) is 23.5. The molecule has 0 spiro atoms. The zero-order valence-electron chi connectivity index (χ0n) is 12.2. The van der Waals surface area contributed by atoms with Crippen LogP contribution in [0.15, 0.2) is 4.99 Å². The monoisotopic (exact) mass is 255 g/mol. The van der Waals surface area contributed by atoms with Crippen molar-refractivity contribution in [2.75, 3.05) is 26.8 Å². The molecule has 0 saturated carbocycles. The van der Waals surface area contributed by atoms with Crippen LogP contribution >= 0.6 is 0 Å². The van der Waals surface area contributed by atoms with Crippen LogP contribution in [0.5, 0.6) is 0 Å². The van der Waals surface area contributed by atoms with Gasteiger partial charge in [0.2, 0.25) is 0 Å². The number of nitrogens with two attached hydrogens (primary N) is 1. The van der Waals surface area contributed by atoms with Gasteiger partial charge in [0.1, 0.15) is 0 Å². The first kappa shape index (κ1) is 15.3. The summed E-state index contributed by atoms with van der Waals surface area (Å²) in [4.78, 5) is 6.62. The third-order valence-electron chi connectivity index (χ3n) is 3.85. The summed E-state index contributed by atoms with van der Waals surface area (Å²) in [5.74, 6) is 0.683. The van der Waals surface area contributed by atoms with Crippen LogP contribution in [0.1, 0.15) is 52.4 Å². The van der Waals surface area contributed by atoms with Crippen molar-refractivity contribution >= 4 is 5.96 Å². The van der Waals surface area contributed by atoms with E-state index in [1.54, 1.807) is 7.11 Å². The van der Waals surface area contributed by atoms with Gasteiger partial charge in [0.15, 0.2) is 5.96 Å². The molecular weight excluding hydrogens is 226 g/mol. The quantitative estimate of drug-likeness (QED) is 0.644. The summed E-state index contributed by atoms with van der Waals surface area (Å²) in [5.41, 5.74) is 6.07. The predicted molar refractivity (Wildman–Crippen MR) is 76.9 cm³/mol. The molecule has 4 heteroatoms. The Morgan fingerprint density at radius 1 is 1.33 bits per heavy atom. The number of hydrogen-bond acceptors (Lipinski definition) is 4. The highest BCUT2D eigenvalue weighted by Gasteiger charge is 2.36. The average Bonchev–Trinajstić information content (AvgIpc) is 2.63. The second kappa shape index (κ2) is 7.62. The fourth-order valence-electron chi connectivity index (χ4n) is 2.59. The first-order valence-electron chi connectivity index (χ1n) is 7.20. The van der Waals surface area contributed by atoms with Crippen molar-refractivity contribution in [3.05, 3.63) is 0 Å². The minimum atomic E-state index is 0.106. The van der Waals surface area contributed by atoms with Gasteiger partial charge < -0.3 is 15.4 Å². The van der Waals surface area contributed by atoms with Crippen LogP contribution in [-0.4, -0.2) is 43.2 Å². The van der Waals surface area contributed by atoms with E-state index < -0.39 is 0 Å². The molecule has 0 aliphatic carbocycles. The van der Waals surface area contributed by atoms with Gasteiger partial charge in [-0.25, -0.2) is 0 Å². The van der Waals surface area contributed by atoms with Crippen molar-refractivity contribution in [3.8, 4) is 0 Å². The van der Waals surface area contributed by atoms with Crippen LogP contribution in [-0.2, 0) is 4.74 Å². The topological polar surface area (TPSA) is 50.8 Å². The summed E-state index contributed by atoms with van der Waals surface area (Å²) in [5, 5.41) is 0. The number of nitrogens with zero attached hydrogens (tertiary/aromatic N) is 2. The van der Waals surface area contributed by atoms with Gasteiger partial charge in [-0.2, -0.15) is 0 Å². The van der Waals surface area contributed by atoms with Crippen molar-refractivity contribution in [2.45, 2.75) is 57.9 Å². The molecule has 0 bridgehead atoms. The molecule has 1 atom stereocenters. The summed E-state index contributed by atoms with van der Waals surface area (Å²) < 4.78 is 5.15. The summed E-state index contributed by atoms with van der Waals surface area (Å²) in [6.07, 6.45) is 7.76. The van der Waals surface area contributed by atoms with Crippen molar-refractivity contribution < 1.29 is 4.74 Å². The molecule has 1 aliphatic heterocycles. The maximum absolute atomic E-state index is 5.97. The summed E-state index contributed by atoms with van der Waals surface area (Å²) in [6, 6.07) is 0. The van der Waals surface area contributed by atoms with E-state index in [0.29, 0.717) is 12.6 Å². The van der Waals surface area contributed by atoms with E-state index in [1.165, 1.54) is 38.5 Å². The van der Waals surface area contributed by atoms with Crippen molar-refractivity contribution in [2.24, 2.45) is 10.7 Å². The molecule has 0 amide bonds. The Kier molecular flexibility index (Phi) is 6.47. The number of methoxy groups -OCH3 is 1. The van der Waals surface area contributed by atoms with Crippen molar-refractivity contribution in [1.82, 2.24) is 4.90 Å². The number of rotatable bonds is 9. The first-order chi connectivity index (χ1) is 8.64. The number of unbranched alkanes of at least 4 members (excludes halogenated alkanes) is 4. The van der Waals surface area contributed by atoms with E-state index in [1.807, 2.05) is 0 Å². The van der Waals surface area contributed by atoms with E-state index >= 15 is 0 Å². The van der Waals surface area contributed by atoms with Crippen LogP contribution in [0.25, 0.3) is 0 Å². The Morgan fingerprint density at radius 3 is 2.72 bits per heavy atom. The predicted octanol–water partition coefficient (Wildman–Crippen LogP) is 2.38. The van der Waals surface area contributed by atoms with Gasteiger partial charge in [-0.15, -0.1) is 0 Å². The van der Waals surface area contributed by atoms with Crippen molar-refractivity contribution in [1.29, 1.82) is 0 Å². The third-order valence-corrected chi connectivity index (χ3v) is 3.85. The molecule has 0 aromatic heterocycles. The molecule has 106 valence electrons. The second-order valence-corrected chi connectivity index (χ2v) is 5.48. The van der Waals surface area contributed by atoms with E-state index in [0.717, 1.165) is 13.1 Å². The highest BCUT2D eigenvalue weighted by atomic mass is 16.5. The highest BCUT2D eigenvalue weighted by molar-refractivity contribution is 5.80. The minimum Gasteiger partial charge on any atom is -0.383 e. The summed E-state index contributed by atoms with van der Waals surface area (Å²) >= 11 is 0. The molecule has 0 aromatic rings. The molecule has 0 aromatic carbocycles. The summed E-state index contributed by atoms with van der Waals surface area (Å²) in [6.45, 7) is 6.90. The molecule has 2 N–H and O–H groups in total. The average molecular weight is 255 g/mol. The van der Waals surface area contributed by atoms with Gasteiger partial charge >= 0.3 is 0 Å². The van der Waals surface area contributed by atoms with Crippen LogP contribution in [0.2, 0.25) is 0 Å². The third kappa shape index (κ3) is 4.16. The minimum absolute atomic E-state index is 0.106. The fraction of sp³-hybridized carbons (Fsp3) is 0.929. The standard InChI is InChI=1S/C14H29N3O/c1-4-5-6-7-8-9-14(2)12-16-13(15)17(14)10-11-18-3/h4-12H2,1-3H3,(H2,15,16). The largest absolute Gasteiger partial charge is 0.383 e.